The number of carboxylic acids is 6. The van der Waals surface area contributed by atoms with Gasteiger partial charge in [0, 0.05) is 32.3 Å². The summed E-state index contributed by atoms with van der Waals surface area (Å²) in [5, 5.41) is 60.8. The van der Waals surface area contributed by atoms with Crippen molar-refractivity contribution in [2.75, 3.05) is 0 Å². The van der Waals surface area contributed by atoms with Gasteiger partial charge >= 0.3 is 35.8 Å². The zero-order chi connectivity index (χ0) is 59.0. The van der Waals surface area contributed by atoms with Crippen LogP contribution in [0.4, 0.5) is 0 Å². The average molecular weight is 1090 g/mol. The van der Waals surface area contributed by atoms with E-state index >= 15 is 0 Å². The number of benzene rings is 9. The molecule has 396 valence electrons. The summed E-state index contributed by atoms with van der Waals surface area (Å²) < 4.78 is 0. The first-order valence-corrected chi connectivity index (χ1v) is 25.2. The van der Waals surface area contributed by atoms with Crippen LogP contribution >= 0.6 is 0 Å². The van der Waals surface area contributed by atoms with Crippen LogP contribution in [-0.4, -0.2) is 66.5 Å². The molecule has 84 heavy (non-hydrogen) atoms. The zero-order valence-corrected chi connectivity index (χ0v) is 43.5. The Morgan fingerprint density at radius 3 is 0.429 bits per heavy atom. The van der Waals surface area contributed by atoms with Crippen LogP contribution in [-0.2, 0) is 0 Å². The number of hydrogen-bond donors (Lipinski definition) is 6. The van der Waals surface area contributed by atoms with Crippen LogP contribution in [0.5, 0.6) is 0 Å². The third kappa shape index (κ3) is 11.9. The minimum absolute atomic E-state index is 0.0529. The van der Waals surface area contributed by atoms with E-state index in [2.05, 4.69) is 72.8 Å². The summed E-state index contributed by atoms with van der Waals surface area (Å²) in [6, 6.07) is 84.8. The van der Waals surface area contributed by atoms with E-state index in [0.717, 1.165) is 0 Å². The molecule has 0 radical (unpaired) electrons. The van der Waals surface area contributed by atoms with Crippen molar-refractivity contribution in [1.82, 2.24) is 0 Å². The van der Waals surface area contributed by atoms with Gasteiger partial charge in [-0.15, -0.1) is 0 Å². The van der Waals surface area contributed by atoms with Crippen LogP contribution in [0.1, 0.15) is 62.1 Å². The van der Waals surface area contributed by atoms with Gasteiger partial charge in [0.1, 0.15) is 0 Å². The van der Waals surface area contributed by atoms with E-state index < -0.39 is 35.8 Å². The lowest BCUT2D eigenvalue weighted by molar-refractivity contribution is 0.0686. The standard InChI is InChI=1S/C72H36O12/c73-67(74)49-25-13-43(14-26-49)61-37-55-7-1-2-8-56-38-62(44-15-27-50(28-16-44)68(75)76)64(46-19-31-52(32-20-46)70(79)80)40-58(56)10-5-6-12-60-42-66(48-23-35-54(36-24-48)72(83)84)65(47-21-33-53(34-22-47)71(81)82)41-59(60)11-4-3-9-57(55)39-63(61)45-17-29-51(30-18-45)69(77)78/h13-42H,(H,73,74)(H,75,76)(H,77,78)(H,79,80)(H,81,82)(H,83,84). The smallest absolute Gasteiger partial charge is 0.335 e. The molecule has 0 amide bonds. The Labute approximate surface area is 480 Å². The van der Waals surface area contributed by atoms with Crippen LogP contribution in [0.2, 0.25) is 0 Å². The van der Waals surface area contributed by atoms with Gasteiger partial charge < -0.3 is 30.6 Å². The van der Waals surface area contributed by atoms with Crippen LogP contribution in [0.3, 0.4) is 0 Å². The third-order valence-corrected chi connectivity index (χ3v) is 13.5. The van der Waals surface area contributed by atoms with Crippen LogP contribution in [0.15, 0.2) is 182 Å². The van der Waals surface area contributed by atoms with Crippen LogP contribution in [0, 0.1) is 72.8 Å². The number of fused-ring (bicyclic) bond motifs is 3. The highest BCUT2D eigenvalue weighted by molar-refractivity contribution is 6.00. The van der Waals surface area contributed by atoms with Crippen molar-refractivity contribution in [3.05, 3.63) is 288 Å². The van der Waals surface area contributed by atoms with Crippen molar-refractivity contribution in [1.29, 1.82) is 0 Å². The van der Waals surface area contributed by atoms with Gasteiger partial charge in [-0.3, -0.25) is 0 Å². The summed E-state index contributed by atoms with van der Waals surface area (Å²) in [5.74, 6) is -6.73. The molecule has 0 saturated carbocycles. The zero-order valence-electron chi connectivity index (χ0n) is 43.5. The van der Waals surface area contributed by atoms with Gasteiger partial charge in [0.05, 0.1) is 33.4 Å². The number of carboxylic acid groups (broad SMARTS) is 6. The summed E-state index contributed by atoms with van der Waals surface area (Å²) in [7, 11) is 0. The number of aromatic carboxylic acids is 6. The highest BCUT2D eigenvalue weighted by atomic mass is 16.4. The Morgan fingerprint density at radius 1 is 0.202 bits per heavy atom. The fourth-order valence-corrected chi connectivity index (χ4v) is 9.20. The molecular formula is C72H36O12. The molecular weight excluding hydrogens is 1060 g/mol. The molecule has 0 aromatic heterocycles. The van der Waals surface area contributed by atoms with Gasteiger partial charge in [0.25, 0.3) is 0 Å². The SMILES string of the molecule is O=C(O)c1ccc(-c2cc3c#cc#cc4cc(-c5ccc(C(=O)O)cc5)c(-c5ccc(C(=O)O)cc5)cc4c#cc#cc4cc(-c5ccc(C(=O)O)cc5)c(-c5ccc(C(=O)O)cc5)cc4c#cc#cc3cc2-c2ccc(C(=O)O)cc2)cc1. The molecule has 0 aliphatic heterocycles. The Hall–Kier alpha value is -12.8. The third-order valence-electron chi connectivity index (χ3n) is 13.5. The van der Waals surface area contributed by atoms with Crippen LogP contribution in [0.25, 0.3) is 99.1 Å². The second-order valence-electron chi connectivity index (χ2n) is 18.6. The van der Waals surface area contributed by atoms with Gasteiger partial charge in [-0.25, -0.2) is 28.8 Å². The second-order valence-corrected chi connectivity index (χ2v) is 18.6. The highest BCUT2D eigenvalue weighted by Crippen LogP contribution is 2.38. The molecule has 0 atom stereocenters. The van der Waals surface area contributed by atoms with Crippen LogP contribution < -0.4 is 0 Å². The predicted molar refractivity (Wildman–Crippen MR) is 312 cm³/mol. The van der Waals surface area contributed by atoms with Gasteiger partial charge in [-0.2, -0.15) is 0 Å². The fraction of sp³-hybridized carbons (Fsp3) is 0. The first-order chi connectivity index (χ1) is 40.6. The number of carbonyl (C=O) groups is 6. The number of rotatable bonds is 12. The van der Waals surface area contributed by atoms with Crippen molar-refractivity contribution in [3.8, 4) is 66.8 Å². The van der Waals surface area contributed by atoms with E-state index in [9.17, 15) is 59.4 Å². The van der Waals surface area contributed by atoms with Crippen molar-refractivity contribution in [3.63, 3.8) is 0 Å². The Morgan fingerprint density at radius 2 is 0.321 bits per heavy atom. The van der Waals surface area contributed by atoms with Gasteiger partial charge in [0.15, 0.2) is 0 Å². The van der Waals surface area contributed by atoms with E-state index in [0.29, 0.717) is 99.1 Å². The van der Waals surface area contributed by atoms with E-state index in [-0.39, 0.29) is 33.4 Å². The summed E-state index contributed by atoms with van der Waals surface area (Å²) in [4.78, 5) is 71.6. The van der Waals surface area contributed by atoms with Gasteiger partial charge in [-0.1, -0.05) is 109 Å². The maximum Gasteiger partial charge on any atom is 0.335 e. The molecule has 10 rings (SSSR count). The van der Waals surface area contributed by atoms with Gasteiger partial charge in [0.2, 0.25) is 0 Å². The lowest BCUT2D eigenvalue weighted by atomic mass is 9.91. The maximum atomic E-state index is 11.9. The lowest BCUT2D eigenvalue weighted by Crippen LogP contribution is -1.96. The van der Waals surface area contributed by atoms with E-state index in [1.54, 1.807) is 109 Å². The van der Waals surface area contributed by atoms with E-state index in [1.807, 2.05) is 0 Å². The molecule has 0 aliphatic carbocycles. The summed E-state index contributed by atoms with van der Waals surface area (Å²) >= 11 is 0. The molecule has 10 aromatic rings. The van der Waals surface area contributed by atoms with Crippen molar-refractivity contribution in [2.45, 2.75) is 0 Å². The molecule has 0 saturated heterocycles. The molecule has 0 spiro atoms. The topological polar surface area (TPSA) is 224 Å². The Bertz CT molecular complexity index is 3740. The highest BCUT2D eigenvalue weighted by Gasteiger charge is 2.16. The minimum atomic E-state index is -1.12. The first kappa shape index (κ1) is 54.5. The lowest BCUT2D eigenvalue weighted by Gasteiger charge is -2.12. The summed E-state index contributed by atoms with van der Waals surface area (Å²) in [6.07, 6.45) is 0. The van der Waals surface area contributed by atoms with E-state index in [1.165, 1.54) is 72.8 Å². The maximum absolute atomic E-state index is 11.9. The predicted octanol–water partition coefficient (Wildman–Crippen LogP) is 14.3. The molecule has 12 nitrogen and oxygen atoms in total. The van der Waals surface area contributed by atoms with Crippen molar-refractivity contribution < 1.29 is 59.4 Å². The molecule has 0 aliphatic rings. The Balaban J connectivity index is 1.29. The number of hydrogen-bond acceptors (Lipinski definition) is 6. The second kappa shape index (κ2) is 23.6. The molecule has 0 bridgehead atoms. The molecule has 12 heteroatoms. The first-order valence-electron chi connectivity index (χ1n) is 25.2. The Kier molecular flexibility index (Phi) is 15.3. The minimum Gasteiger partial charge on any atom is -0.478 e. The summed E-state index contributed by atoms with van der Waals surface area (Å²) in [6.45, 7) is 0. The molecule has 6 N–H and O–H groups in total. The van der Waals surface area contributed by atoms with Crippen molar-refractivity contribution >= 4 is 68.1 Å². The average Bonchev–Trinajstić information content (AvgIpc) is 3.25. The van der Waals surface area contributed by atoms with Gasteiger partial charge in [-0.05, 0) is 212 Å². The largest absolute Gasteiger partial charge is 0.478 e. The molecule has 10 aromatic carbocycles. The monoisotopic (exact) mass is 1090 g/mol. The quantitative estimate of drug-likeness (QED) is 0.0672. The van der Waals surface area contributed by atoms with Crippen molar-refractivity contribution in [2.24, 2.45) is 0 Å². The van der Waals surface area contributed by atoms with E-state index in [4.69, 9.17) is 0 Å². The molecule has 0 fully saturated rings. The molecule has 0 heterocycles. The fourth-order valence-electron chi connectivity index (χ4n) is 9.20. The normalized spacial score (nSPS) is 10.1. The molecule has 0 unspecified atom stereocenters. The summed E-state index contributed by atoms with van der Waals surface area (Å²) in [5.41, 5.74) is 7.52.